The van der Waals surface area contributed by atoms with Gasteiger partial charge in [0.25, 0.3) is 17.4 Å². The number of aryl methyl sites for hydroxylation is 1. The first-order valence-corrected chi connectivity index (χ1v) is 10.8. The van der Waals surface area contributed by atoms with Crippen molar-refractivity contribution in [3.05, 3.63) is 109 Å². The predicted molar refractivity (Wildman–Crippen MR) is 130 cm³/mol. The van der Waals surface area contributed by atoms with Crippen LogP contribution in [-0.2, 0) is 0 Å². The van der Waals surface area contributed by atoms with E-state index in [-0.39, 0.29) is 39.3 Å². The predicted octanol–water partition coefficient (Wildman–Crippen LogP) is 3.30. The number of amides is 2. The van der Waals surface area contributed by atoms with E-state index in [0.717, 1.165) is 18.2 Å². The van der Waals surface area contributed by atoms with Crippen LogP contribution in [0.25, 0.3) is 5.69 Å². The summed E-state index contributed by atoms with van der Waals surface area (Å²) < 4.78 is 34.1. The van der Waals surface area contributed by atoms with Gasteiger partial charge >= 0.3 is 5.69 Å². The summed E-state index contributed by atoms with van der Waals surface area (Å²) in [5, 5.41) is 2.18. The first kappa shape index (κ1) is 25.3. The van der Waals surface area contributed by atoms with Crippen molar-refractivity contribution in [2.24, 2.45) is 5.73 Å². The molecule has 0 radical (unpaired) electrons. The molecule has 0 aliphatic rings. The monoisotopic (exact) mass is 527 g/mol. The van der Waals surface area contributed by atoms with Gasteiger partial charge in [0.15, 0.2) is 11.6 Å². The first-order chi connectivity index (χ1) is 17.6. The molecule has 13 heteroatoms. The zero-order valence-electron chi connectivity index (χ0n) is 18.8. The van der Waals surface area contributed by atoms with Crippen LogP contribution in [0.1, 0.15) is 26.5 Å². The van der Waals surface area contributed by atoms with Crippen molar-refractivity contribution in [2.75, 3.05) is 5.32 Å². The lowest BCUT2D eigenvalue weighted by atomic mass is 10.2. The summed E-state index contributed by atoms with van der Waals surface area (Å²) in [7, 11) is 0. The molecular formula is C24H16ClF2N5O5. The molecule has 4 N–H and O–H groups in total. The maximum atomic E-state index is 14.7. The fourth-order valence-corrected chi connectivity index (χ4v) is 3.63. The minimum Gasteiger partial charge on any atom is -0.453 e. The molecule has 0 aliphatic heterocycles. The molecule has 0 unspecified atom stereocenters. The van der Waals surface area contributed by atoms with Gasteiger partial charge in [-0.1, -0.05) is 11.6 Å². The summed E-state index contributed by atoms with van der Waals surface area (Å²) in [5.41, 5.74) is 2.72. The molecule has 188 valence electrons. The zero-order chi connectivity index (χ0) is 26.9. The summed E-state index contributed by atoms with van der Waals surface area (Å²) >= 11 is 6.04. The third-order valence-corrected chi connectivity index (χ3v) is 5.46. The fourth-order valence-electron chi connectivity index (χ4n) is 3.39. The number of carbonyl (C=O) groups is 2. The second-order valence-corrected chi connectivity index (χ2v) is 7.96. The summed E-state index contributed by atoms with van der Waals surface area (Å²) in [6.45, 7) is 1.35. The van der Waals surface area contributed by atoms with Gasteiger partial charge in [0, 0.05) is 29.7 Å². The van der Waals surface area contributed by atoms with Gasteiger partial charge in [-0.15, -0.1) is 0 Å². The summed E-state index contributed by atoms with van der Waals surface area (Å²) in [6, 6.07) is 9.23. The molecule has 2 aromatic carbocycles. The van der Waals surface area contributed by atoms with Gasteiger partial charge in [0.05, 0.1) is 5.69 Å². The number of halogens is 3. The van der Waals surface area contributed by atoms with E-state index in [1.54, 1.807) is 0 Å². The number of primary amides is 1. The van der Waals surface area contributed by atoms with Gasteiger partial charge in [-0.2, -0.15) is 0 Å². The van der Waals surface area contributed by atoms with Crippen LogP contribution in [0.2, 0.25) is 5.02 Å². The molecule has 10 nitrogen and oxygen atoms in total. The molecule has 0 aliphatic carbocycles. The summed E-state index contributed by atoms with van der Waals surface area (Å²) in [5.74, 6) is -3.68. The Balaban J connectivity index is 1.62. The van der Waals surface area contributed by atoms with E-state index < -0.39 is 40.3 Å². The number of anilines is 1. The smallest absolute Gasteiger partial charge is 0.333 e. The molecule has 0 saturated heterocycles. The van der Waals surface area contributed by atoms with Crippen molar-refractivity contribution < 1.29 is 23.1 Å². The highest BCUT2D eigenvalue weighted by molar-refractivity contribution is 6.34. The molecule has 4 aromatic rings. The van der Waals surface area contributed by atoms with Gasteiger partial charge in [-0.05, 0) is 43.3 Å². The minimum absolute atomic E-state index is 0.0242. The average Bonchev–Trinajstić information content (AvgIpc) is 2.82. The number of carbonyl (C=O) groups excluding carboxylic acids is 2. The second-order valence-electron chi connectivity index (χ2n) is 7.58. The molecule has 2 amide bonds. The van der Waals surface area contributed by atoms with Crippen molar-refractivity contribution in [1.82, 2.24) is 14.5 Å². The highest BCUT2D eigenvalue weighted by Gasteiger charge is 2.21. The average molecular weight is 528 g/mol. The molecule has 0 atom stereocenters. The Bertz CT molecular complexity index is 1670. The lowest BCUT2D eigenvalue weighted by Gasteiger charge is -2.12. The van der Waals surface area contributed by atoms with E-state index >= 15 is 0 Å². The third kappa shape index (κ3) is 5.09. The molecular weight excluding hydrogens is 512 g/mol. The number of hydrogen-bond acceptors (Lipinski definition) is 6. The van der Waals surface area contributed by atoms with Crippen molar-refractivity contribution in [3.63, 3.8) is 0 Å². The summed E-state index contributed by atoms with van der Waals surface area (Å²) in [6.07, 6.45) is 1.21. The number of pyridine rings is 1. The number of H-pyrrole nitrogens is 1. The quantitative estimate of drug-likeness (QED) is 0.350. The van der Waals surface area contributed by atoms with Crippen LogP contribution in [0.15, 0.2) is 64.3 Å². The Kier molecular flexibility index (Phi) is 6.85. The lowest BCUT2D eigenvalue weighted by molar-refractivity contribution is 0.0993. The SMILES string of the molecule is Cc1[nH]c(=O)n(-c2ccc(F)cc2)c(=O)c1C(=O)Nc1ccc(Oc2ccnc(C(N)=O)c2Cl)c(F)c1. The van der Waals surface area contributed by atoms with Crippen LogP contribution in [0, 0.1) is 18.6 Å². The molecule has 0 bridgehead atoms. The van der Waals surface area contributed by atoms with Crippen molar-refractivity contribution in [1.29, 1.82) is 0 Å². The Labute approximate surface area is 211 Å². The van der Waals surface area contributed by atoms with E-state index in [9.17, 15) is 28.0 Å². The largest absolute Gasteiger partial charge is 0.453 e. The van der Waals surface area contributed by atoms with Crippen LogP contribution < -0.4 is 27.0 Å². The van der Waals surface area contributed by atoms with Crippen LogP contribution >= 0.6 is 11.6 Å². The molecule has 2 heterocycles. The Hall–Kier alpha value is -4.84. The molecule has 0 saturated carbocycles. The zero-order valence-corrected chi connectivity index (χ0v) is 19.6. The third-order valence-electron chi connectivity index (χ3n) is 5.10. The molecule has 4 rings (SSSR count). The second kappa shape index (κ2) is 10.0. The van der Waals surface area contributed by atoms with Gasteiger partial charge in [0.2, 0.25) is 0 Å². The number of nitrogens with two attached hydrogens (primary N) is 1. The van der Waals surface area contributed by atoms with Gasteiger partial charge in [0.1, 0.15) is 27.8 Å². The minimum atomic E-state index is -0.955. The van der Waals surface area contributed by atoms with E-state index in [2.05, 4.69) is 15.3 Å². The Morgan fingerprint density at radius 3 is 2.43 bits per heavy atom. The van der Waals surface area contributed by atoms with Crippen LogP contribution in [0.4, 0.5) is 14.5 Å². The number of rotatable bonds is 6. The molecule has 37 heavy (non-hydrogen) atoms. The number of ether oxygens (including phenoxy) is 1. The normalized spacial score (nSPS) is 10.7. The van der Waals surface area contributed by atoms with Crippen molar-refractivity contribution in [2.45, 2.75) is 6.92 Å². The lowest BCUT2D eigenvalue weighted by Crippen LogP contribution is -2.39. The molecule has 2 aromatic heterocycles. The Morgan fingerprint density at radius 1 is 1.08 bits per heavy atom. The van der Waals surface area contributed by atoms with Crippen LogP contribution in [0.3, 0.4) is 0 Å². The van der Waals surface area contributed by atoms with Crippen molar-refractivity contribution >= 4 is 29.1 Å². The van der Waals surface area contributed by atoms with Crippen molar-refractivity contribution in [3.8, 4) is 17.2 Å². The van der Waals surface area contributed by atoms with Gasteiger partial charge in [-0.25, -0.2) is 23.1 Å². The highest BCUT2D eigenvalue weighted by Crippen LogP contribution is 2.33. The van der Waals surface area contributed by atoms with E-state index in [4.69, 9.17) is 22.1 Å². The first-order valence-electron chi connectivity index (χ1n) is 10.4. The molecule has 0 fully saturated rings. The number of nitrogens with zero attached hydrogens (tertiary/aromatic N) is 2. The maximum absolute atomic E-state index is 14.7. The number of aromatic amines is 1. The van der Waals surface area contributed by atoms with Gasteiger partial charge in [-0.3, -0.25) is 14.4 Å². The number of hydrogen-bond donors (Lipinski definition) is 3. The van der Waals surface area contributed by atoms with Crippen LogP contribution in [0.5, 0.6) is 11.5 Å². The molecule has 0 spiro atoms. The summed E-state index contributed by atoms with van der Waals surface area (Å²) in [4.78, 5) is 55.8. The standard InChI is InChI=1S/C24H16ClF2N5O5/c1-11-18(23(35)32(24(36)30-11)14-5-2-12(26)3-6-14)22(34)31-13-4-7-16(15(27)10-13)37-17-8-9-29-20(19(17)25)21(28)33/h2-10H,1H3,(H2,28,33)(H,30,36)(H,31,34). The highest BCUT2D eigenvalue weighted by atomic mass is 35.5. The topological polar surface area (TPSA) is 149 Å². The Morgan fingerprint density at radius 2 is 1.78 bits per heavy atom. The van der Waals surface area contributed by atoms with Gasteiger partial charge < -0.3 is 20.8 Å². The van der Waals surface area contributed by atoms with E-state index in [1.165, 1.54) is 43.5 Å². The maximum Gasteiger partial charge on any atom is 0.333 e. The van der Waals surface area contributed by atoms with E-state index in [0.29, 0.717) is 4.57 Å². The number of aromatic nitrogens is 3. The fraction of sp³-hybridized carbons (Fsp3) is 0.0417. The number of nitrogens with one attached hydrogen (secondary N) is 2. The van der Waals surface area contributed by atoms with E-state index in [1.807, 2.05) is 0 Å². The van der Waals surface area contributed by atoms with Crippen LogP contribution in [-0.4, -0.2) is 26.3 Å². The number of benzene rings is 2.